The molecule has 0 aromatic heterocycles. The molecular formula is C21H28N2O2S. The van der Waals surface area contributed by atoms with Crippen LogP contribution in [0.25, 0.3) is 0 Å². The molecule has 1 fully saturated rings. The lowest BCUT2D eigenvalue weighted by atomic mass is 9.98. The monoisotopic (exact) mass is 372 g/mol. The Morgan fingerprint density at radius 3 is 2.19 bits per heavy atom. The molecule has 0 saturated carbocycles. The Kier molecular flexibility index (Phi) is 6.12. The molecule has 1 heterocycles. The summed E-state index contributed by atoms with van der Waals surface area (Å²) in [5.41, 5.74) is 2.20. The minimum absolute atomic E-state index is 0.255. The van der Waals surface area contributed by atoms with Crippen LogP contribution in [-0.4, -0.2) is 43.5 Å². The highest BCUT2D eigenvalue weighted by molar-refractivity contribution is 7.91. The van der Waals surface area contributed by atoms with Crippen LogP contribution in [-0.2, 0) is 22.9 Å². The van der Waals surface area contributed by atoms with Gasteiger partial charge in [0.2, 0.25) is 0 Å². The summed E-state index contributed by atoms with van der Waals surface area (Å²) >= 11 is 0. The van der Waals surface area contributed by atoms with E-state index in [9.17, 15) is 8.42 Å². The lowest BCUT2D eigenvalue weighted by Crippen LogP contribution is -2.49. The normalized spacial score (nSPS) is 21.9. The number of sulfone groups is 1. The second kappa shape index (κ2) is 8.33. The van der Waals surface area contributed by atoms with Gasteiger partial charge in [-0.15, -0.1) is 0 Å². The van der Waals surface area contributed by atoms with E-state index >= 15 is 0 Å². The molecule has 1 atom stereocenters. The van der Waals surface area contributed by atoms with E-state index in [0.717, 1.165) is 26.2 Å². The molecule has 3 rings (SSSR count). The number of benzene rings is 2. The quantitative estimate of drug-likeness (QED) is 0.724. The van der Waals surface area contributed by atoms with E-state index < -0.39 is 9.84 Å². The fourth-order valence-electron chi connectivity index (χ4n) is 3.63. The largest absolute Gasteiger partial charge is 0.311 e. The molecule has 4 nitrogen and oxygen atoms in total. The van der Waals surface area contributed by atoms with E-state index in [2.05, 4.69) is 41.4 Å². The molecule has 0 spiro atoms. The van der Waals surface area contributed by atoms with Gasteiger partial charge in [0, 0.05) is 31.7 Å². The first-order valence-corrected chi connectivity index (χ1v) is 11.0. The van der Waals surface area contributed by atoms with Crippen molar-refractivity contribution >= 4 is 9.84 Å². The van der Waals surface area contributed by atoms with Crippen molar-refractivity contribution in [1.29, 1.82) is 0 Å². The number of hydrogen-bond donors (Lipinski definition) is 1. The third-order valence-electron chi connectivity index (χ3n) is 5.19. The number of rotatable bonds is 8. The first-order chi connectivity index (χ1) is 12.5. The van der Waals surface area contributed by atoms with Crippen molar-refractivity contribution in [2.75, 3.05) is 24.6 Å². The van der Waals surface area contributed by atoms with Gasteiger partial charge in [0.25, 0.3) is 0 Å². The van der Waals surface area contributed by atoms with Gasteiger partial charge >= 0.3 is 0 Å². The van der Waals surface area contributed by atoms with Crippen LogP contribution < -0.4 is 5.32 Å². The molecule has 2 aromatic carbocycles. The van der Waals surface area contributed by atoms with Gasteiger partial charge in [-0.25, -0.2) is 8.42 Å². The number of hydrogen-bond acceptors (Lipinski definition) is 4. The third-order valence-corrected chi connectivity index (χ3v) is 7.08. The van der Waals surface area contributed by atoms with Crippen LogP contribution in [0.1, 0.15) is 24.5 Å². The summed E-state index contributed by atoms with van der Waals surface area (Å²) < 4.78 is 24.2. The fourth-order valence-corrected chi connectivity index (χ4v) is 5.80. The average Bonchev–Trinajstić information content (AvgIpc) is 2.93. The summed E-state index contributed by atoms with van der Waals surface area (Å²) in [6.45, 7) is 5.36. The van der Waals surface area contributed by atoms with E-state index in [4.69, 9.17) is 0 Å². The molecule has 0 unspecified atom stereocenters. The van der Waals surface area contributed by atoms with E-state index in [1.807, 2.05) is 36.4 Å². The van der Waals surface area contributed by atoms with Gasteiger partial charge in [0.05, 0.1) is 11.5 Å². The molecule has 0 radical (unpaired) electrons. The molecule has 1 N–H and O–H groups in total. The second-order valence-electron chi connectivity index (χ2n) is 7.41. The first-order valence-electron chi connectivity index (χ1n) is 9.21. The summed E-state index contributed by atoms with van der Waals surface area (Å²) in [4.78, 5) is 2.34. The maximum atomic E-state index is 12.1. The van der Waals surface area contributed by atoms with Crippen LogP contribution in [0.2, 0.25) is 0 Å². The van der Waals surface area contributed by atoms with E-state index in [0.29, 0.717) is 12.2 Å². The Bertz CT molecular complexity index is 793. The maximum absolute atomic E-state index is 12.1. The van der Waals surface area contributed by atoms with E-state index in [1.54, 1.807) is 0 Å². The van der Waals surface area contributed by atoms with Crippen LogP contribution in [0.15, 0.2) is 60.7 Å². The molecule has 140 valence electrons. The minimum atomic E-state index is -2.93. The minimum Gasteiger partial charge on any atom is -0.311 e. The zero-order valence-corrected chi connectivity index (χ0v) is 16.2. The summed E-state index contributed by atoms with van der Waals surface area (Å²) in [7, 11) is -2.93. The Morgan fingerprint density at radius 2 is 1.62 bits per heavy atom. The summed E-state index contributed by atoms with van der Waals surface area (Å²) in [6, 6.07) is 20.6. The maximum Gasteiger partial charge on any atom is 0.152 e. The van der Waals surface area contributed by atoms with Gasteiger partial charge in [0.15, 0.2) is 9.84 Å². The predicted octanol–water partition coefficient (Wildman–Crippen LogP) is 2.86. The summed E-state index contributed by atoms with van der Waals surface area (Å²) in [5.74, 6) is 0.553. The summed E-state index contributed by atoms with van der Waals surface area (Å²) in [6.07, 6.45) is 0.709. The number of nitrogens with one attached hydrogen (secondary N) is 1. The standard InChI is InChI=1S/C21H28N2O2S/c1-21(12-15-26(24,25)18-21)23(17-20-10-6-3-7-11-20)14-13-22-16-19-8-4-2-5-9-19/h2-11,22H,12-18H2,1H3/t21-/m1/s1. The topological polar surface area (TPSA) is 49.4 Å². The van der Waals surface area contributed by atoms with Crippen LogP contribution in [0.5, 0.6) is 0 Å². The molecule has 1 aliphatic rings. The Balaban J connectivity index is 1.63. The van der Waals surface area contributed by atoms with Crippen molar-refractivity contribution in [3.8, 4) is 0 Å². The molecule has 26 heavy (non-hydrogen) atoms. The van der Waals surface area contributed by atoms with Gasteiger partial charge in [0.1, 0.15) is 0 Å². The first kappa shape index (κ1) is 19.1. The SMILES string of the molecule is C[C@@]1(N(CCNCc2ccccc2)Cc2ccccc2)CCS(=O)(=O)C1. The van der Waals surface area contributed by atoms with Crippen LogP contribution in [0.4, 0.5) is 0 Å². The molecule has 2 aromatic rings. The van der Waals surface area contributed by atoms with Gasteiger partial charge in [-0.2, -0.15) is 0 Å². The lowest BCUT2D eigenvalue weighted by molar-refractivity contribution is 0.117. The zero-order valence-electron chi connectivity index (χ0n) is 15.4. The molecule has 1 saturated heterocycles. The Labute approximate surface area is 157 Å². The van der Waals surface area contributed by atoms with Gasteiger partial charge < -0.3 is 5.32 Å². The van der Waals surface area contributed by atoms with Crippen molar-refractivity contribution in [3.63, 3.8) is 0 Å². The van der Waals surface area contributed by atoms with Crippen molar-refractivity contribution in [1.82, 2.24) is 10.2 Å². The van der Waals surface area contributed by atoms with Crippen LogP contribution in [0.3, 0.4) is 0 Å². The van der Waals surface area contributed by atoms with E-state index in [1.165, 1.54) is 11.1 Å². The Morgan fingerprint density at radius 1 is 1.00 bits per heavy atom. The van der Waals surface area contributed by atoms with Crippen molar-refractivity contribution in [2.24, 2.45) is 0 Å². The third kappa shape index (κ3) is 5.16. The molecule has 0 bridgehead atoms. The molecule has 1 aliphatic heterocycles. The molecule has 0 aliphatic carbocycles. The fraction of sp³-hybridized carbons (Fsp3) is 0.429. The van der Waals surface area contributed by atoms with Gasteiger partial charge in [-0.1, -0.05) is 60.7 Å². The highest BCUT2D eigenvalue weighted by Gasteiger charge is 2.42. The van der Waals surface area contributed by atoms with E-state index in [-0.39, 0.29) is 11.3 Å². The molecular weight excluding hydrogens is 344 g/mol. The highest BCUT2D eigenvalue weighted by Crippen LogP contribution is 2.30. The number of nitrogens with zero attached hydrogens (tertiary/aromatic N) is 1. The predicted molar refractivity (Wildman–Crippen MR) is 107 cm³/mol. The molecule has 5 heteroatoms. The van der Waals surface area contributed by atoms with Gasteiger partial charge in [-0.3, -0.25) is 4.90 Å². The van der Waals surface area contributed by atoms with Crippen LogP contribution >= 0.6 is 0 Å². The van der Waals surface area contributed by atoms with Gasteiger partial charge in [-0.05, 0) is 24.5 Å². The zero-order chi connectivity index (χ0) is 18.5. The Hall–Kier alpha value is -1.69. The highest BCUT2D eigenvalue weighted by atomic mass is 32.2. The van der Waals surface area contributed by atoms with Crippen LogP contribution in [0, 0.1) is 0 Å². The second-order valence-corrected chi connectivity index (χ2v) is 9.59. The smallest absolute Gasteiger partial charge is 0.152 e. The molecule has 0 amide bonds. The summed E-state index contributed by atoms with van der Waals surface area (Å²) in [5, 5.41) is 3.49. The lowest BCUT2D eigenvalue weighted by Gasteiger charge is -2.38. The van der Waals surface area contributed by atoms with Crippen molar-refractivity contribution < 1.29 is 8.42 Å². The van der Waals surface area contributed by atoms with Crippen molar-refractivity contribution in [3.05, 3.63) is 71.8 Å². The average molecular weight is 373 g/mol. The van der Waals surface area contributed by atoms with Crippen molar-refractivity contribution in [2.45, 2.75) is 32.0 Å².